The van der Waals surface area contributed by atoms with Crippen LogP contribution in [0.4, 0.5) is 0 Å². The smallest absolute Gasteiger partial charge is 0.164 e. The van der Waals surface area contributed by atoms with Crippen LogP contribution in [0.5, 0.6) is 0 Å². The summed E-state index contributed by atoms with van der Waals surface area (Å²) in [4.78, 5) is 0. The van der Waals surface area contributed by atoms with Gasteiger partial charge in [-0.25, -0.2) is 0 Å². The maximum atomic E-state index is 6.06. The van der Waals surface area contributed by atoms with Crippen molar-refractivity contribution in [1.29, 1.82) is 0 Å². The molecule has 0 atom stereocenters. The van der Waals surface area contributed by atoms with Crippen molar-refractivity contribution in [2.75, 3.05) is 0 Å². The third-order valence-electron chi connectivity index (χ3n) is 2.84. The Morgan fingerprint density at radius 2 is 1.82 bits per heavy atom. The second kappa shape index (κ2) is 3.96. The summed E-state index contributed by atoms with van der Waals surface area (Å²) in [6, 6.07) is 8.14. The molecular weight excluding hydrogens is 212 g/mol. The van der Waals surface area contributed by atoms with E-state index in [1.165, 1.54) is 5.56 Å². The van der Waals surface area contributed by atoms with Crippen molar-refractivity contribution >= 4 is 0 Å². The van der Waals surface area contributed by atoms with Gasteiger partial charge in [0.05, 0.1) is 5.54 Å². The molecular formula is C13H18N4. The first-order valence-electron chi connectivity index (χ1n) is 5.66. The van der Waals surface area contributed by atoms with E-state index in [9.17, 15) is 0 Å². The normalized spacial score (nSPS) is 11.8. The number of aryl methyl sites for hydroxylation is 1. The lowest BCUT2D eigenvalue weighted by Gasteiger charge is -2.17. The van der Waals surface area contributed by atoms with Crippen LogP contribution < -0.4 is 5.73 Å². The first-order chi connectivity index (χ1) is 7.91. The van der Waals surface area contributed by atoms with Gasteiger partial charge in [0.25, 0.3) is 0 Å². The van der Waals surface area contributed by atoms with E-state index in [4.69, 9.17) is 5.73 Å². The zero-order chi connectivity index (χ0) is 12.6. The molecule has 2 rings (SSSR count). The van der Waals surface area contributed by atoms with Gasteiger partial charge in [0.15, 0.2) is 11.6 Å². The SMILES string of the molecule is Cc1ccccc1-c1nnc(C(C)(C)N)n1C. The van der Waals surface area contributed by atoms with Crippen LogP contribution in [0.3, 0.4) is 0 Å². The molecule has 0 radical (unpaired) electrons. The molecule has 2 aromatic rings. The van der Waals surface area contributed by atoms with Crippen molar-refractivity contribution in [3.8, 4) is 11.4 Å². The van der Waals surface area contributed by atoms with Gasteiger partial charge in [0, 0.05) is 12.6 Å². The number of benzene rings is 1. The van der Waals surface area contributed by atoms with Crippen molar-refractivity contribution in [3.63, 3.8) is 0 Å². The van der Waals surface area contributed by atoms with E-state index in [0.29, 0.717) is 0 Å². The molecule has 4 heteroatoms. The second-order valence-electron chi connectivity index (χ2n) is 4.94. The van der Waals surface area contributed by atoms with Gasteiger partial charge in [0.1, 0.15) is 0 Å². The zero-order valence-electron chi connectivity index (χ0n) is 10.7. The first-order valence-corrected chi connectivity index (χ1v) is 5.66. The summed E-state index contributed by atoms with van der Waals surface area (Å²) in [7, 11) is 1.95. The van der Waals surface area contributed by atoms with E-state index in [1.807, 2.05) is 43.7 Å². The molecule has 4 nitrogen and oxygen atoms in total. The van der Waals surface area contributed by atoms with Crippen LogP contribution in [0.2, 0.25) is 0 Å². The molecule has 90 valence electrons. The Kier molecular flexibility index (Phi) is 2.75. The number of aromatic nitrogens is 3. The van der Waals surface area contributed by atoms with E-state index in [2.05, 4.69) is 23.2 Å². The van der Waals surface area contributed by atoms with Gasteiger partial charge in [-0.3, -0.25) is 0 Å². The Morgan fingerprint density at radius 1 is 1.18 bits per heavy atom. The fourth-order valence-electron chi connectivity index (χ4n) is 1.95. The molecule has 1 heterocycles. The molecule has 0 saturated heterocycles. The summed E-state index contributed by atoms with van der Waals surface area (Å²) in [6.07, 6.45) is 0. The quantitative estimate of drug-likeness (QED) is 0.858. The molecule has 2 N–H and O–H groups in total. The summed E-state index contributed by atoms with van der Waals surface area (Å²) in [6.45, 7) is 5.93. The first kappa shape index (κ1) is 11.8. The third-order valence-corrected chi connectivity index (χ3v) is 2.84. The highest BCUT2D eigenvalue weighted by Gasteiger charge is 2.23. The molecule has 0 fully saturated rings. The molecule has 17 heavy (non-hydrogen) atoms. The number of nitrogens with two attached hydrogens (primary N) is 1. The monoisotopic (exact) mass is 230 g/mol. The molecule has 1 aromatic carbocycles. The maximum absolute atomic E-state index is 6.06. The summed E-state index contributed by atoms with van der Waals surface area (Å²) in [5, 5.41) is 8.44. The molecule has 0 amide bonds. The lowest BCUT2D eigenvalue weighted by Crippen LogP contribution is -2.32. The van der Waals surface area contributed by atoms with E-state index >= 15 is 0 Å². The maximum Gasteiger partial charge on any atom is 0.164 e. The average molecular weight is 230 g/mol. The van der Waals surface area contributed by atoms with Crippen LogP contribution in [0, 0.1) is 6.92 Å². The van der Waals surface area contributed by atoms with Gasteiger partial charge in [-0.15, -0.1) is 10.2 Å². The van der Waals surface area contributed by atoms with Crippen molar-refractivity contribution in [2.45, 2.75) is 26.3 Å². The van der Waals surface area contributed by atoms with E-state index < -0.39 is 5.54 Å². The predicted molar refractivity (Wildman–Crippen MR) is 68.4 cm³/mol. The summed E-state index contributed by atoms with van der Waals surface area (Å²) in [5.74, 6) is 1.65. The summed E-state index contributed by atoms with van der Waals surface area (Å²) >= 11 is 0. The van der Waals surface area contributed by atoms with Crippen LogP contribution >= 0.6 is 0 Å². The van der Waals surface area contributed by atoms with E-state index in [0.717, 1.165) is 17.2 Å². The molecule has 0 aliphatic rings. The summed E-state index contributed by atoms with van der Waals surface area (Å²) < 4.78 is 1.96. The van der Waals surface area contributed by atoms with Gasteiger partial charge >= 0.3 is 0 Å². The fourth-order valence-corrected chi connectivity index (χ4v) is 1.95. The van der Waals surface area contributed by atoms with Gasteiger partial charge in [-0.05, 0) is 26.3 Å². The Bertz CT molecular complexity index is 535. The Hall–Kier alpha value is -1.68. The van der Waals surface area contributed by atoms with Gasteiger partial charge in [-0.2, -0.15) is 0 Å². The highest BCUT2D eigenvalue weighted by Crippen LogP contribution is 2.24. The summed E-state index contributed by atoms with van der Waals surface area (Å²) in [5.41, 5.74) is 7.86. The topological polar surface area (TPSA) is 56.7 Å². The van der Waals surface area contributed by atoms with Crippen molar-refractivity contribution in [2.24, 2.45) is 12.8 Å². The van der Waals surface area contributed by atoms with Crippen LogP contribution in [-0.2, 0) is 12.6 Å². The van der Waals surface area contributed by atoms with Crippen LogP contribution in [-0.4, -0.2) is 14.8 Å². The minimum absolute atomic E-state index is 0.483. The van der Waals surface area contributed by atoms with Gasteiger partial charge in [-0.1, -0.05) is 24.3 Å². The molecule has 1 aromatic heterocycles. The fraction of sp³-hybridized carbons (Fsp3) is 0.385. The number of nitrogens with zero attached hydrogens (tertiary/aromatic N) is 3. The van der Waals surface area contributed by atoms with E-state index in [-0.39, 0.29) is 0 Å². The van der Waals surface area contributed by atoms with E-state index in [1.54, 1.807) is 0 Å². The Balaban J connectivity index is 2.56. The minimum atomic E-state index is -0.483. The van der Waals surface area contributed by atoms with Gasteiger partial charge in [0.2, 0.25) is 0 Å². The second-order valence-corrected chi connectivity index (χ2v) is 4.94. The highest BCUT2D eigenvalue weighted by molar-refractivity contribution is 5.60. The van der Waals surface area contributed by atoms with Crippen molar-refractivity contribution in [1.82, 2.24) is 14.8 Å². The largest absolute Gasteiger partial charge is 0.319 e. The lowest BCUT2D eigenvalue weighted by molar-refractivity contribution is 0.493. The molecule has 0 saturated carbocycles. The molecule has 0 aliphatic carbocycles. The number of rotatable bonds is 2. The highest BCUT2D eigenvalue weighted by atomic mass is 15.3. The van der Waals surface area contributed by atoms with Gasteiger partial charge < -0.3 is 10.3 Å². The van der Waals surface area contributed by atoms with Crippen LogP contribution in [0.15, 0.2) is 24.3 Å². The Labute approximate surface area is 101 Å². The third kappa shape index (κ3) is 2.08. The standard InChI is InChI=1S/C13H18N4/c1-9-7-5-6-8-10(9)11-15-16-12(17(11)4)13(2,3)14/h5-8H,14H2,1-4H3. The number of hydrogen-bond donors (Lipinski definition) is 1. The Morgan fingerprint density at radius 3 is 2.35 bits per heavy atom. The molecule has 0 unspecified atom stereocenters. The predicted octanol–water partition coefficient (Wildman–Crippen LogP) is 1.98. The molecule has 0 aliphatic heterocycles. The lowest BCUT2D eigenvalue weighted by atomic mass is 10.1. The van der Waals surface area contributed by atoms with Crippen LogP contribution in [0.1, 0.15) is 25.2 Å². The van der Waals surface area contributed by atoms with Crippen molar-refractivity contribution in [3.05, 3.63) is 35.7 Å². The zero-order valence-corrected chi connectivity index (χ0v) is 10.7. The average Bonchev–Trinajstić information content (AvgIpc) is 2.60. The molecule has 0 bridgehead atoms. The van der Waals surface area contributed by atoms with Crippen LogP contribution in [0.25, 0.3) is 11.4 Å². The molecule has 0 spiro atoms. The number of hydrogen-bond acceptors (Lipinski definition) is 3. The minimum Gasteiger partial charge on any atom is -0.319 e. The van der Waals surface area contributed by atoms with Crippen molar-refractivity contribution < 1.29 is 0 Å².